The Morgan fingerprint density at radius 1 is 1.50 bits per heavy atom. The highest BCUT2D eigenvalue weighted by Gasteiger charge is 2.21. The molecule has 0 aromatic heterocycles. The molecule has 0 nitrogen and oxygen atoms in total. The summed E-state index contributed by atoms with van der Waals surface area (Å²) in [7, 11) is 0. The van der Waals surface area contributed by atoms with Crippen molar-refractivity contribution in [1.82, 2.24) is 0 Å². The van der Waals surface area contributed by atoms with Gasteiger partial charge in [-0.2, -0.15) is 0 Å². The first-order valence-corrected chi connectivity index (χ1v) is 2.99. The number of rotatable bonds is 0. The van der Waals surface area contributed by atoms with Gasteiger partial charge in [0, 0.05) is 12.0 Å². The molecule has 0 amide bonds. The molecule has 0 aromatic carbocycles. The number of hydrogen-bond acceptors (Lipinski definition) is 0. The molecule has 0 saturated carbocycles. The molecule has 0 aromatic rings. The van der Waals surface area contributed by atoms with E-state index < -0.39 is 17.8 Å². The highest BCUT2D eigenvalue weighted by molar-refractivity contribution is 5.31. The SMILES string of the molecule is CC1=C(F)[C@@H](F)CC=C1F. The van der Waals surface area contributed by atoms with Crippen LogP contribution in [0.3, 0.4) is 0 Å². The zero-order valence-electron chi connectivity index (χ0n) is 5.50. The minimum atomic E-state index is -1.64. The highest BCUT2D eigenvalue weighted by atomic mass is 19.2. The van der Waals surface area contributed by atoms with Gasteiger partial charge < -0.3 is 0 Å². The molecule has 0 unspecified atom stereocenters. The van der Waals surface area contributed by atoms with Crippen molar-refractivity contribution in [2.75, 3.05) is 0 Å². The predicted octanol–water partition coefficient (Wildman–Crippen LogP) is 2.83. The Hall–Kier alpha value is -0.730. The molecule has 0 radical (unpaired) electrons. The second kappa shape index (κ2) is 2.48. The third-order valence-electron chi connectivity index (χ3n) is 1.50. The van der Waals surface area contributed by atoms with Crippen molar-refractivity contribution in [3.8, 4) is 0 Å². The van der Waals surface area contributed by atoms with Gasteiger partial charge in [0.25, 0.3) is 0 Å². The van der Waals surface area contributed by atoms with E-state index in [1.807, 2.05) is 0 Å². The largest absolute Gasteiger partial charge is 0.239 e. The Morgan fingerprint density at radius 2 is 2.10 bits per heavy atom. The van der Waals surface area contributed by atoms with Crippen LogP contribution in [0.4, 0.5) is 13.2 Å². The Kier molecular flexibility index (Phi) is 1.83. The molecule has 0 heterocycles. The summed E-state index contributed by atoms with van der Waals surface area (Å²) < 4.78 is 37.2. The van der Waals surface area contributed by atoms with Crippen LogP contribution in [0.1, 0.15) is 13.3 Å². The van der Waals surface area contributed by atoms with Crippen LogP contribution in [0.15, 0.2) is 23.3 Å². The van der Waals surface area contributed by atoms with Crippen molar-refractivity contribution in [1.29, 1.82) is 0 Å². The van der Waals surface area contributed by atoms with Crippen LogP contribution < -0.4 is 0 Å². The lowest BCUT2D eigenvalue weighted by molar-refractivity contribution is 0.316. The van der Waals surface area contributed by atoms with Crippen molar-refractivity contribution in [3.05, 3.63) is 23.3 Å². The van der Waals surface area contributed by atoms with Gasteiger partial charge in [0.1, 0.15) is 11.7 Å². The van der Waals surface area contributed by atoms with Crippen molar-refractivity contribution in [2.45, 2.75) is 19.5 Å². The number of halogens is 3. The fourth-order valence-electron chi connectivity index (χ4n) is 0.813. The third kappa shape index (κ3) is 1.08. The van der Waals surface area contributed by atoms with E-state index in [1.165, 1.54) is 6.92 Å². The lowest BCUT2D eigenvalue weighted by Crippen LogP contribution is -2.06. The third-order valence-corrected chi connectivity index (χ3v) is 1.50. The van der Waals surface area contributed by atoms with E-state index in [2.05, 4.69) is 0 Å². The summed E-state index contributed by atoms with van der Waals surface area (Å²) in [6, 6.07) is 0. The fraction of sp³-hybridized carbons (Fsp3) is 0.429. The molecule has 0 saturated heterocycles. The molecule has 0 N–H and O–H groups in total. The molecular weight excluding hydrogens is 141 g/mol. The van der Waals surface area contributed by atoms with E-state index >= 15 is 0 Å². The second-order valence-corrected chi connectivity index (χ2v) is 2.23. The van der Waals surface area contributed by atoms with Gasteiger partial charge in [-0.1, -0.05) is 0 Å². The van der Waals surface area contributed by atoms with Crippen LogP contribution in [0.25, 0.3) is 0 Å². The Bertz CT molecular complexity index is 203. The van der Waals surface area contributed by atoms with Crippen LogP contribution in [-0.4, -0.2) is 6.17 Å². The molecule has 1 rings (SSSR count). The Balaban J connectivity index is 2.94. The molecule has 1 aliphatic rings. The number of alkyl halides is 1. The van der Waals surface area contributed by atoms with E-state index in [0.717, 1.165) is 6.08 Å². The van der Waals surface area contributed by atoms with Gasteiger partial charge in [0.15, 0.2) is 6.17 Å². The second-order valence-electron chi connectivity index (χ2n) is 2.23. The Morgan fingerprint density at radius 3 is 2.60 bits per heavy atom. The van der Waals surface area contributed by atoms with Gasteiger partial charge in [-0.15, -0.1) is 0 Å². The van der Waals surface area contributed by atoms with Gasteiger partial charge in [-0.3, -0.25) is 0 Å². The van der Waals surface area contributed by atoms with E-state index in [0.29, 0.717) is 0 Å². The molecule has 10 heavy (non-hydrogen) atoms. The van der Waals surface area contributed by atoms with Crippen LogP contribution in [-0.2, 0) is 0 Å². The molecular formula is C7H7F3. The first-order valence-electron chi connectivity index (χ1n) is 2.99. The number of hydrogen-bond donors (Lipinski definition) is 0. The maximum Gasteiger partial charge on any atom is 0.155 e. The fourth-order valence-corrected chi connectivity index (χ4v) is 0.813. The summed E-state index contributed by atoms with van der Waals surface area (Å²) >= 11 is 0. The lowest BCUT2D eigenvalue weighted by Gasteiger charge is -2.11. The van der Waals surface area contributed by atoms with Crippen molar-refractivity contribution in [3.63, 3.8) is 0 Å². The molecule has 0 aliphatic heterocycles. The zero-order chi connectivity index (χ0) is 7.72. The molecule has 1 atom stereocenters. The summed E-state index contributed by atoms with van der Waals surface area (Å²) in [4.78, 5) is 0. The number of allylic oxidation sites excluding steroid dienone is 4. The maximum absolute atomic E-state index is 12.4. The normalized spacial score (nSPS) is 26.8. The molecule has 0 spiro atoms. The smallest absolute Gasteiger partial charge is 0.155 e. The van der Waals surface area contributed by atoms with Crippen molar-refractivity contribution < 1.29 is 13.2 Å². The van der Waals surface area contributed by atoms with Crippen LogP contribution in [0.2, 0.25) is 0 Å². The minimum Gasteiger partial charge on any atom is -0.239 e. The average Bonchev–Trinajstić information content (AvgIpc) is 1.93. The predicted molar refractivity (Wildman–Crippen MR) is 32.5 cm³/mol. The highest BCUT2D eigenvalue weighted by Crippen LogP contribution is 2.28. The molecule has 1 aliphatic carbocycles. The van der Waals surface area contributed by atoms with Crippen LogP contribution in [0, 0.1) is 0 Å². The Labute approximate surface area is 57.0 Å². The zero-order valence-corrected chi connectivity index (χ0v) is 5.50. The van der Waals surface area contributed by atoms with E-state index in [1.54, 1.807) is 0 Å². The summed E-state index contributed by atoms with van der Waals surface area (Å²) in [5.41, 5.74) is -0.209. The van der Waals surface area contributed by atoms with Crippen molar-refractivity contribution >= 4 is 0 Å². The first-order chi connectivity index (χ1) is 4.63. The van der Waals surface area contributed by atoms with Crippen molar-refractivity contribution in [2.24, 2.45) is 0 Å². The monoisotopic (exact) mass is 148 g/mol. The van der Waals surface area contributed by atoms with E-state index in [9.17, 15) is 13.2 Å². The molecule has 3 heteroatoms. The molecule has 0 bridgehead atoms. The standard InChI is InChI=1S/C7H7F3/c1-4-5(8)2-3-6(9)7(4)10/h2,6H,3H2,1H3/t6-/m0/s1. The average molecular weight is 148 g/mol. The summed E-state index contributed by atoms with van der Waals surface area (Å²) in [6.07, 6.45) is -0.766. The molecule has 56 valence electrons. The van der Waals surface area contributed by atoms with E-state index in [-0.39, 0.29) is 12.0 Å². The van der Waals surface area contributed by atoms with Crippen LogP contribution >= 0.6 is 0 Å². The van der Waals surface area contributed by atoms with Gasteiger partial charge in [-0.05, 0) is 13.0 Å². The quantitative estimate of drug-likeness (QED) is 0.495. The van der Waals surface area contributed by atoms with Gasteiger partial charge in [0.05, 0.1) is 0 Å². The topological polar surface area (TPSA) is 0 Å². The van der Waals surface area contributed by atoms with Gasteiger partial charge in [0.2, 0.25) is 0 Å². The minimum absolute atomic E-state index is 0.186. The summed E-state index contributed by atoms with van der Waals surface area (Å²) in [6.45, 7) is 1.23. The molecule has 0 fully saturated rings. The summed E-state index contributed by atoms with van der Waals surface area (Å²) in [5.74, 6) is -1.62. The van der Waals surface area contributed by atoms with Gasteiger partial charge >= 0.3 is 0 Å². The summed E-state index contributed by atoms with van der Waals surface area (Å²) in [5, 5.41) is 0. The van der Waals surface area contributed by atoms with Gasteiger partial charge in [-0.25, -0.2) is 13.2 Å². The van der Waals surface area contributed by atoms with Crippen LogP contribution in [0.5, 0.6) is 0 Å². The van der Waals surface area contributed by atoms with E-state index in [4.69, 9.17) is 0 Å². The first kappa shape index (κ1) is 7.38. The lowest BCUT2D eigenvalue weighted by atomic mass is 10.1. The maximum atomic E-state index is 12.4.